The van der Waals surface area contributed by atoms with Gasteiger partial charge in [0.15, 0.2) is 0 Å². The van der Waals surface area contributed by atoms with E-state index in [9.17, 15) is 13.6 Å². The maximum absolute atomic E-state index is 11.9. The van der Waals surface area contributed by atoms with Crippen LogP contribution in [0.2, 0.25) is 0 Å². The Morgan fingerprint density at radius 2 is 2.20 bits per heavy atom. The van der Waals surface area contributed by atoms with Gasteiger partial charge < -0.3 is 9.84 Å². The fourth-order valence-corrected chi connectivity index (χ4v) is 1.16. The lowest BCUT2D eigenvalue weighted by atomic mass is 10.1. The van der Waals surface area contributed by atoms with Crippen LogP contribution in [0.4, 0.5) is 8.78 Å². The Bertz CT molecular complexity index is 364. The summed E-state index contributed by atoms with van der Waals surface area (Å²) in [5.41, 5.74) is 0.410. The van der Waals surface area contributed by atoms with Crippen molar-refractivity contribution < 1.29 is 23.4 Å². The lowest BCUT2D eigenvalue weighted by Gasteiger charge is -2.09. The molecule has 0 aromatic heterocycles. The zero-order valence-corrected chi connectivity index (χ0v) is 8.04. The van der Waals surface area contributed by atoms with E-state index in [0.29, 0.717) is 5.56 Å². The molecule has 1 rings (SSSR count). The largest absolute Gasteiger partial charge is 0.487 e. The summed E-state index contributed by atoms with van der Waals surface area (Å²) in [7, 11) is 0. The van der Waals surface area contributed by atoms with Gasteiger partial charge in [0, 0.05) is 5.56 Å². The third-order valence-electron chi connectivity index (χ3n) is 1.88. The molecule has 0 radical (unpaired) electrons. The van der Waals surface area contributed by atoms with E-state index in [1.807, 2.05) is 0 Å². The number of benzene rings is 1. The van der Waals surface area contributed by atoms with Crippen LogP contribution in [0.3, 0.4) is 0 Å². The number of carboxylic acid groups (broad SMARTS) is 1. The molecule has 0 aliphatic carbocycles. The molecule has 1 aromatic rings. The smallest absolute Gasteiger partial charge is 0.336 e. The summed E-state index contributed by atoms with van der Waals surface area (Å²) in [6, 6.07) is 4.31. The van der Waals surface area contributed by atoms with Gasteiger partial charge in [0.05, 0.1) is 5.56 Å². The normalized spacial score (nSPS) is 10.4. The zero-order chi connectivity index (χ0) is 11.4. The number of hydrogen-bond acceptors (Lipinski definition) is 2. The molecule has 0 amide bonds. The first-order valence-corrected chi connectivity index (χ1v) is 4.26. The van der Waals surface area contributed by atoms with Crippen molar-refractivity contribution in [3.05, 3.63) is 29.3 Å². The molecular formula is C10H10F2O3. The van der Waals surface area contributed by atoms with E-state index in [1.165, 1.54) is 25.1 Å². The average molecular weight is 216 g/mol. The molecule has 0 unspecified atom stereocenters. The number of rotatable bonds is 4. The van der Waals surface area contributed by atoms with Crippen molar-refractivity contribution in [1.82, 2.24) is 0 Å². The summed E-state index contributed by atoms with van der Waals surface area (Å²) in [5, 5.41) is 8.76. The number of aromatic carboxylic acids is 1. The van der Waals surface area contributed by atoms with Gasteiger partial charge in [-0.15, -0.1) is 0 Å². The monoisotopic (exact) mass is 216 g/mol. The Balaban J connectivity index is 2.89. The summed E-state index contributed by atoms with van der Waals surface area (Å²) < 4.78 is 28.5. The van der Waals surface area contributed by atoms with E-state index in [0.717, 1.165) is 0 Å². The lowest BCUT2D eigenvalue weighted by Crippen LogP contribution is -2.09. The maximum Gasteiger partial charge on any atom is 0.336 e. The molecule has 82 valence electrons. The molecule has 0 aliphatic rings. The fraction of sp³-hybridized carbons (Fsp3) is 0.300. The number of halogens is 2. The Labute approximate surface area is 85.3 Å². The van der Waals surface area contributed by atoms with E-state index >= 15 is 0 Å². The van der Waals surface area contributed by atoms with Crippen LogP contribution in [0.25, 0.3) is 0 Å². The van der Waals surface area contributed by atoms with Crippen LogP contribution in [0, 0.1) is 6.92 Å². The van der Waals surface area contributed by atoms with Crippen LogP contribution in [0.1, 0.15) is 15.9 Å². The number of ether oxygens (including phenoxy) is 1. The van der Waals surface area contributed by atoms with Crippen molar-refractivity contribution in [3.63, 3.8) is 0 Å². The number of carboxylic acids is 1. The Kier molecular flexibility index (Phi) is 3.60. The minimum Gasteiger partial charge on any atom is -0.487 e. The Morgan fingerprint density at radius 3 is 2.73 bits per heavy atom. The molecule has 0 atom stereocenters. The third-order valence-corrected chi connectivity index (χ3v) is 1.88. The number of hydrogen-bond donors (Lipinski definition) is 1. The van der Waals surface area contributed by atoms with Gasteiger partial charge in [-0.25, -0.2) is 13.6 Å². The molecule has 15 heavy (non-hydrogen) atoms. The molecule has 0 saturated heterocycles. The average Bonchev–Trinajstić information content (AvgIpc) is 2.15. The van der Waals surface area contributed by atoms with Crippen molar-refractivity contribution >= 4 is 5.97 Å². The Morgan fingerprint density at radius 1 is 1.53 bits per heavy atom. The predicted molar refractivity (Wildman–Crippen MR) is 49.6 cm³/mol. The van der Waals surface area contributed by atoms with E-state index < -0.39 is 19.0 Å². The topological polar surface area (TPSA) is 46.5 Å². The van der Waals surface area contributed by atoms with Crippen LogP contribution in [-0.2, 0) is 0 Å². The molecular weight excluding hydrogens is 206 g/mol. The van der Waals surface area contributed by atoms with Gasteiger partial charge in [-0.2, -0.15) is 0 Å². The van der Waals surface area contributed by atoms with Crippen LogP contribution in [-0.4, -0.2) is 24.1 Å². The van der Waals surface area contributed by atoms with Crippen molar-refractivity contribution in [2.24, 2.45) is 0 Å². The zero-order valence-electron chi connectivity index (χ0n) is 8.04. The summed E-state index contributed by atoms with van der Waals surface area (Å²) in [4.78, 5) is 10.7. The fourth-order valence-electron chi connectivity index (χ4n) is 1.16. The predicted octanol–water partition coefficient (Wildman–Crippen LogP) is 2.34. The van der Waals surface area contributed by atoms with Gasteiger partial charge in [0.2, 0.25) is 0 Å². The van der Waals surface area contributed by atoms with Crippen molar-refractivity contribution in [2.45, 2.75) is 13.3 Å². The summed E-state index contributed by atoms with van der Waals surface area (Å²) >= 11 is 0. The third kappa shape index (κ3) is 2.90. The molecule has 0 aliphatic heterocycles. The minimum atomic E-state index is -2.57. The summed E-state index contributed by atoms with van der Waals surface area (Å²) in [6.45, 7) is 0.786. The Hall–Kier alpha value is -1.65. The SMILES string of the molecule is Cc1c(OCC(F)F)cccc1C(=O)O. The van der Waals surface area contributed by atoms with Crippen molar-refractivity contribution in [2.75, 3.05) is 6.61 Å². The van der Waals surface area contributed by atoms with Crippen LogP contribution >= 0.6 is 0 Å². The van der Waals surface area contributed by atoms with Crippen LogP contribution in [0.15, 0.2) is 18.2 Å². The summed E-state index contributed by atoms with van der Waals surface area (Å²) in [5.74, 6) is -0.926. The standard InChI is InChI=1S/C10H10F2O3/c1-6-7(10(13)14)3-2-4-8(6)15-5-9(11)12/h2-4,9H,5H2,1H3,(H,13,14). The first-order valence-electron chi connectivity index (χ1n) is 4.26. The highest BCUT2D eigenvalue weighted by atomic mass is 19.3. The van der Waals surface area contributed by atoms with Crippen molar-refractivity contribution in [3.8, 4) is 5.75 Å². The highest BCUT2D eigenvalue weighted by Crippen LogP contribution is 2.21. The first kappa shape index (κ1) is 11.4. The molecule has 5 heteroatoms. The lowest BCUT2D eigenvalue weighted by molar-refractivity contribution is 0.0694. The van der Waals surface area contributed by atoms with Gasteiger partial charge in [-0.05, 0) is 19.1 Å². The molecule has 1 N–H and O–H groups in total. The second-order valence-corrected chi connectivity index (χ2v) is 2.94. The molecule has 3 nitrogen and oxygen atoms in total. The maximum atomic E-state index is 11.9. The second kappa shape index (κ2) is 4.72. The molecule has 1 aromatic carbocycles. The highest BCUT2D eigenvalue weighted by Gasteiger charge is 2.12. The van der Waals surface area contributed by atoms with Crippen LogP contribution < -0.4 is 4.74 Å². The number of carbonyl (C=O) groups is 1. The van der Waals surface area contributed by atoms with Crippen molar-refractivity contribution in [1.29, 1.82) is 0 Å². The molecule has 0 spiro atoms. The molecule has 0 bridgehead atoms. The van der Waals surface area contributed by atoms with Gasteiger partial charge in [-0.1, -0.05) is 6.07 Å². The van der Waals surface area contributed by atoms with Gasteiger partial charge in [0.25, 0.3) is 6.43 Å². The highest BCUT2D eigenvalue weighted by molar-refractivity contribution is 5.90. The molecule has 0 fully saturated rings. The minimum absolute atomic E-state index is 0.0572. The van der Waals surface area contributed by atoms with Gasteiger partial charge in [-0.3, -0.25) is 0 Å². The molecule has 0 saturated carbocycles. The summed E-state index contributed by atoms with van der Waals surface area (Å²) in [6.07, 6.45) is -2.57. The van der Waals surface area contributed by atoms with E-state index in [2.05, 4.69) is 0 Å². The second-order valence-electron chi connectivity index (χ2n) is 2.94. The van der Waals surface area contributed by atoms with Gasteiger partial charge >= 0.3 is 5.97 Å². The van der Waals surface area contributed by atoms with Crippen LogP contribution in [0.5, 0.6) is 5.75 Å². The first-order chi connectivity index (χ1) is 7.02. The van der Waals surface area contributed by atoms with E-state index in [-0.39, 0.29) is 11.3 Å². The number of alkyl halides is 2. The quantitative estimate of drug-likeness (QED) is 0.840. The van der Waals surface area contributed by atoms with E-state index in [1.54, 1.807) is 0 Å². The van der Waals surface area contributed by atoms with Gasteiger partial charge in [0.1, 0.15) is 12.4 Å². The molecule has 0 heterocycles. The van der Waals surface area contributed by atoms with E-state index in [4.69, 9.17) is 9.84 Å².